The van der Waals surface area contributed by atoms with Crippen LogP contribution >= 0.6 is 0 Å². The molecule has 0 spiro atoms. The largest absolute Gasteiger partial charge is 0.491 e. The number of hydrogen-bond donors (Lipinski definition) is 0. The first-order valence-corrected chi connectivity index (χ1v) is 9.00. The van der Waals surface area contributed by atoms with Crippen LogP contribution in [0, 0.1) is 11.6 Å². The van der Waals surface area contributed by atoms with E-state index in [1.165, 1.54) is 19.2 Å². The van der Waals surface area contributed by atoms with Crippen LogP contribution in [0.4, 0.5) is 8.78 Å². The first kappa shape index (κ1) is 20.5. The van der Waals surface area contributed by atoms with Gasteiger partial charge in [-0.05, 0) is 41.5 Å². The predicted octanol–water partition coefficient (Wildman–Crippen LogP) is 5.01. The highest BCUT2D eigenvalue weighted by Crippen LogP contribution is 2.32. The van der Waals surface area contributed by atoms with Crippen molar-refractivity contribution in [3.63, 3.8) is 0 Å². The zero-order chi connectivity index (χ0) is 20.6. The maximum absolute atomic E-state index is 13.7. The smallest absolute Gasteiger partial charge is 0.337 e. The van der Waals surface area contributed by atoms with Crippen molar-refractivity contribution in [3.05, 3.63) is 89.5 Å². The van der Waals surface area contributed by atoms with Crippen LogP contribution in [0.2, 0.25) is 0 Å². The molecular weight excluding hydrogens is 378 g/mol. The highest BCUT2D eigenvalue weighted by Gasteiger charge is 2.14. The number of rotatable bonds is 8. The highest BCUT2D eigenvalue weighted by molar-refractivity contribution is 5.92. The van der Waals surface area contributed by atoms with Crippen molar-refractivity contribution < 1.29 is 27.8 Å². The van der Waals surface area contributed by atoms with Crippen LogP contribution < -0.4 is 4.74 Å². The van der Waals surface area contributed by atoms with Gasteiger partial charge in [0.05, 0.1) is 25.9 Å². The lowest BCUT2D eigenvalue weighted by Gasteiger charge is -2.14. The van der Waals surface area contributed by atoms with E-state index in [2.05, 4.69) is 0 Å². The molecule has 29 heavy (non-hydrogen) atoms. The van der Waals surface area contributed by atoms with E-state index in [0.717, 1.165) is 17.7 Å². The molecule has 3 aromatic rings. The van der Waals surface area contributed by atoms with Crippen LogP contribution in [-0.2, 0) is 16.1 Å². The molecule has 0 radical (unpaired) electrons. The molecule has 150 valence electrons. The Balaban J connectivity index is 1.72. The first-order chi connectivity index (χ1) is 14.1. The molecule has 0 bridgehead atoms. The van der Waals surface area contributed by atoms with E-state index in [-0.39, 0.29) is 12.2 Å². The minimum atomic E-state index is -0.983. The Morgan fingerprint density at radius 1 is 0.897 bits per heavy atom. The Morgan fingerprint density at radius 2 is 1.69 bits per heavy atom. The van der Waals surface area contributed by atoms with E-state index in [1.807, 2.05) is 30.3 Å². The maximum atomic E-state index is 13.7. The molecule has 3 aromatic carbocycles. The van der Waals surface area contributed by atoms with E-state index in [0.29, 0.717) is 30.1 Å². The Kier molecular flexibility index (Phi) is 6.92. The third-order valence-corrected chi connectivity index (χ3v) is 4.23. The SMILES string of the molecule is COC(=O)c1ccc(OCCOCc2ccccc2)c(-c2ccc(F)c(F)c2)c1. The average molecular weight is 398 g/mol. The number of ether oxygens (including phenoxy) is 3. The zero-order valence-corrected chi connectivity index (χ0v) is 15.9. The van der Waals surface area contributed by atoms with Gasteiger partial charge in [0, 0.05) is 5.56 Å². The topological polar surface area (TPSA) is 44.8 Å². The standard InChI is InChI=1S/C23H20F2O4/c1-27-23(26)18-8-10-22(19(13-18)17-7-9-20(24)21(25)14-17)29-12-11-28-15-16-5-3-2-4-6-16/h2-10,13-14H,11-12,15H2,1H3. The summed E-state index contributed by atoms with van der Waals surface area (Å²) in [5.74, 6) is -2.05. The summed E-state index contributed by atoms with van der Waals surface area (Å²) in [4.78, 5) is 11.8. The molecule has 6 heteroatoms. The molecule has 0 heterocycles. The second-order valence-electron chi connectivity index (χ2n) is 6.22. The Hall–Kier alpha value is -3.25. The lowest BCUT2D eigenvalue weighted by molar-refractivity contribution is 0.0600. The van der Waals surface area contributed by atoms with Crippen LogP contribution in [0.15, 0.2) is 66.7 Å². The minimum Gasteiger partial charge on any atom is -0.491 e. The maximum Gasteiger partial charge on any atom is 0.337 e. The molecule has 3 rings (SSSR count). The number of carbonyl (C=O) groups excluding carboxylic acids is 1. The van der Waals surface area contributed by atoms with Crippen molar-refractivity contribution in [2.45, 2.75) is 6.61 Å². The van der Waals surface area contributed by atoms with Gasteiger partial charge in [-0.2, -0.15) is 0 Å². The Morgan fingerprint density at radius 3 is 2.41 bits per heavy atom. The molecule has 0 amide bonds. The first-order valence-electron chi connectivity index (χ1n) is 9.00. The highest BCUT2D eigenvalue weighted by atomic mass is 19.2. The number of halogens is 2. The normalized spacial score (nSPS) is 10.6. The van der Waals surface area contributed by atoms with Gasteiger partial charge in [0.25, 0.3) is 0 Å². The minimum absolute atomic E-state index is 0.251. The Labute approximate surface area is 167 Å². The van der Waals surface area contributed by atoms with Crippen molar-refractivity contribution in [3.8, 4) is 16.9 Å². The monoisotopic (exact) mass is 398 g/mol. The van der Waals surface area contributed by atoms with Crippen LogP contribution in [0.5, 0.6) is 5.75 Å². The lowest BCUT2D eigenvalue weighted by Crippen LogP contribution is -2.08. The number of benzene rings is 3. The zero-order valence-electron chi connectivity index (χ0n) is 15.9. The fourth-order valence-electron chi connectivity index (χ4n) is 2.76. The van der Waals surface area contributed by atoms with Gasteiger partial charge in [-0.25, -0.2) is 13.6 Å². The summed E-state index contributed by atoms with van der Waals surface area (Å²) in [6, 6.07) is 17.9. The van der Waals surface area contributed by atoms with Gasteiger partial charge in [0.1, 0.15) is 12.4 Å². The summed E-state index contributed by atoms with van der Waals surface area (Å²) in [5, 5.41) is 0. The van der Waals surface area contributed by atoms with E-state index in [1.54, 1.807) is 12.1 Å². The fraction of sp³-hybridized carbons (Fsp3) is 0.174. The third kappa shape index (κ3) is 5.39. The fourth-order valence-corrected chi connectivity index (χ4v) is 2.76. The van der Waals surface area contributed by atoms with Crippen molar-refractivity contribution >= 4 is 5.97 Å². The van der Waals surface area contributed by atoms with Crippen LogP contribution in [0.25, 0.3) is 11.1 Å². The van der Waals surface area contributed by atoms with Crippen LogP contribution in [0.1, 0.15) is 15.9 Å². The number of methoxy groups -OCH3 is 1. The summed E-state index contributed by atoms with van der Waals surface area (Å²) < 4.78 is 43.1. The van der Waals surface area contributed by atoms with Crippen LogP contribution in [-0.4, -0.2) is 26.3 Å². The van der Waals surface area contributed by atoms with Crippen molar-refractivity contribution in [1.29, 1.82) is 0 Å². The summed E-state index contributed by atoms with van der Waals surface area (Å²) in [6.07, 6.45) is 0. The summed E-state index contributed by atoms with van der Waals surface area (Å²) >= 11 is 0. The summed E-state index contributed by atoms with van der Waals surface area (Å²) in [7, 11) is 1.27. The third-order valence-electron chi connectivity index (χ3n) is 4.23. The molecule has 0 saturated heterocycles. The molecule has 0 aliphatic carbocycles. The second kappa shape index (κ2) is 9.80. The number of hydrogen-bond acceptors (Lipinski definition) is 4. The molecule has 0 saturated carbocycles. The van der Waals surface area contributed by atoms with Crippen LogP contribution in [0.3, 0.4) is 0 Å². The van der Waals surface area contributed by atoms with Gasteiger partial charge < -0.3 is 14.2 Å². The van der Waals surface area contributed by atoms with Crippen molar-refractivity contribution in [2.75, 3.05) is 20.3 Å². The Bertz CT molecular complexity index is 974. The molecule has 0 atom stereocenters. The van der Waals surface area contributed by atoms with Gasteiger partial charge in [-0.15, -0.1) is 0 Å². The molecule has 0 aliphatic rings. The molecule has 0 fully saturated rings. The predicted molar refractivity (Wildman–Crippen MR) is 105 cm³/mol. The van der Waals surface area contributed by atoms with Gasteiger partial charge in [-0.3, -0.25) is 0 Å². The number of esters is 1. The molecule has 4 nitrogen and oxygen atoms in total. The molecular formula is C23H20F2O4. The molecule has 0 aromatic heterocycles. The molecule has 0 aliphatic heterocycles. The summed E-state index contributed by atoms with van der Waals surface area (Å²) in [5.41, 5.74) is 2.17. The van der Waals surface area contributed by atoms with Gasteiger partial charge >= 0.3 is 5.97 Å². The van der Waals surface area contributed by atoms with Gasteiger partial charge in [0.2, 0.25) is 0 Å². The van der Waals surface area contributed by atoms with Gasteiger partial charge in [0.15, 0.2) is 11.6 Å². The number of carbonyl (C=O) groups is 1. The van der Waals surface area contributed by atoms with E-state index >= 15 is 0 Å². The van der Waals surface area contributed by atoms with E-state index in [9.17, 15) is 13.6 Å². The quantitative estimate of drug-likeness (QED) is 0.395. The summed E-state index contributed by atoms with van der Waals surface area (Å²) in [6.45, 7) is 1.05. The molecule has 0 unspecified atom stereocenters. The van der Waals surface area contributed by atoms with E-state index in [4.69, 9.17) is 14.2 Å². The second-order valence-corrected chi connectivity index (χ2v) is 6.22. The molecule has 0 N–H and O–H groups in total. The van der Waals surface area contributed by atoms with Crippen molar-refractivity contribution in [1.82, 2.24) is 0 Å². The average Bonchev–Trinajstić information content (AvgIpc) is 2.75. The van der Waals surface area contributed by atoms with Gasteiger partial charge in [-0.1, -0.05) is 36.4 Å². The van der Waals surface area contributed by atoms with E-state index < -0.39 is 17.6 Å². The lowest BCUT2D eigenvalue weighted by atomic mass is 10.0. The van der Waals surface area contributed by atoms with Crippen molar-refractivity contribution in [2.24, 2.45) is 0 Å².